The normalized spacial score (nSPS) is 10.2. The monoisotopic (exact) mass is 247 g/mol. The van der Waals surface area contributed by atoms with E-state index in [-0.39, 0.29) is 6.42 Å². The van der Waals surface area contributed by atoms with Crippen molar-refractivity contribution in [2.24, 2.45) is 5.73 Å². The Hall–Kier alpha value is -1.94. The molecule has 0 aliphatic rings. The summed E-state index contributed by atoms with van der Waals surface area (Å²) >= 11 is 5.80. The van der Waals surface area contributed by atoms with E-state index in [0.29, 0.717) is 16.5 Å². The van der Waals surface area contributed by atoms with Crippen molar-refractivity contribution in [1.29, 1.82) is 0 Å². The maximum atomic E-state index is 10.8. The number of carbonyl (C=O) groups is 1. The lowest BCUT2D eigenvalue weighted by Crippen LogP contribution is -2.14. The lowest BCUT2D eigenvalue weighted by atomic mass is 10.2. The first kappa shape index (κ1) is 11.5. The highest BCUT2D eigenvalue weighted by Crippen LogP contribution is 2.17. The van der Waals surface area contributed by atoms with Crippen molar-refractivity contribution in [3.05, 3.63) is 47.2 Å². The number of hydrogen-bond donors (Lipinski definition) is 1. The van der Waals surface area contributed by atoms with E-state index in [0.717, 1.165) is 5.56 Å². The second-order valence-electron chi connectivity index (χ2n) is 3.52. The van der Waals surface area contributed by atoms with Gasteiger partial charge in [0.15, 0.2) is 5.82 Å². The number of hydrogen-bond acceptors (Lipinski definition) is 3. The predicted molar refractivity (Wildman–Crippen MR) is 65.4 cm³/mol. The molecule has 0 saturated carbocycles. The number of carbonyl (C=O) groups excluding carboxylic acids is 1. The van der Waals surface area contributed by atoms with Gasteiger partial charge in [0.1, 0.15) is 0 Å². The second-order valence-corrected chi connectivity index (χ2v) is 3.96. The van der Waals surface area contributed by atoms with Crippen LogP contribution in [0, 0.1) is 0 Å². The molecule has 2 rings (SSSR count). The first-order valence-electron chi connectivity index (χ1n) is 5.01. The molecule has 2 N–H and O–H groups in total. The highest BCUT2D eigenvalue weighted by atomic mass is 35.5. The van der Waals surface area contributed by atoms with Crippen molar-refractivity contribution in [3.63, 3.8) is 0 Å². The molecule has 0 spiro atoms. The average Bonchev–Trinajstić information content (AvgIpc) is 2.29. The molecule has 1 aromatic heterocycles. The zero-order valence-corrected chi connectivity index (χ0v) is 9.69. The molecule has 0 aliphatic carbocycles. The number of rotatable bonds is 3. The van der Waals surface area contributed by atoms with E-state index in [1.165, 1.54) is 0 Å². The van der Waals surface area contributed by atoms with Crippen molar-refractivity contribution in [3.8, 4) is 11.4 Å². The maximum Gasteiger partial charge on any atom is 0.223 e. The summed E-state index contributed by atoms with van der Waals surface area (Å²) in [6, 6.07) is 8.85. The number of halogens is 1. The fraction of sp³-hybridized carbons (Fsp3) is 0.0833. The summed E-state index contributed by atoms with van der Waals surface area (Å²) in [5.41, 5.74) is 6.57. The van der Waals surface area contributed by atoms with Gasteiger partial charge in [-0.2, -0.15) is 0 Å². The summed E-state index contributed by atoms with van der Waals surface area (Å²) in [5.74, 6) is 0.145. The Balaban J connectivity index is 2.32. The maximum absolute atomic E-state index is 10.8. The van der Waals surface area contributed by atoms with E-state index in [4.69, 9.17) is 17.3 Å². The highest BCUT2D eigenvalue weighted by Gasteiger charge is 2.04. The molecule has 0 unspecified atom stereocenters. The Bertz CT molecular complexity index is 540. The van der Waals surface area contributed by atoms with Crippen LogP contribution in [0.1, 0.15) is 5.69 Å². The molecule has 1 amide bonds. The van der Waals surface area contributed by atoms with Crippen molar-refractivity contribution in [1.82, 2.24) is 9.97 Å². The quantitative estimate of drug-likeness (QED) is 0.900. The van der Waals surface area contributed by atoms with Gasteiger partial charge < -0.3 is 5.73 Å². The Morgan fingerprint density at radius 1 is 1.24 bits per heavy atom. The summed E-state index contributed by atoms with van der Waals surface area (Å²) in [7, 11) is 0. The van der Waals surface area contributed by atoms with Crippen LogP contribution in [-0.2, 0) is 11.2 Å². The number of benzene rings is 1. The Kier molecular flexibility index (Phi) is 3.35. The third kappa shape index (κ3) is 3.01. The van der Waals surface area contributed by atoms with Gasteiger partial charge >= 0.3 is 0 Å². The van der Waals surface area contributed by atoms with E-state index in [1.54, 1.807) is 24.4 Å². The number of primary amides is 1. The molecule has 0 bridgehead atoms. The average molecular weight is 248 g/mol. The van der Waals surface area contributed by atoms with Crippen molar-refractivity contribution in [2.75, 3.05) is 0 Å². The van der Waals surface area contributed by atoms with E-state index in [2.05, 4.69) is 9.97 Å². The van der Waals surface area contributed by atoms with Crippen LogP contribution in [0.15, 0.2) is 36.5 Å². The van der Waals surface area contributed by atoms with Gasteiger partial charge in [-0.1, -0.05) is 11.6 Å². The van der Waals surface area contributed by atoms with Crippen LogP contribution in [0.3, 0.4) is 0 Å². The van der Waals surface area contributed by atoms with Crippen LogP contribution in [0.2, 0.25) is 5.02 Å². The van der Waals surface area contributed by atoms with Crippen LogP contribution in [0.4, 0.5) is 0 Å². The Labute approximate surface area is 103 Å². The standard InChI is InChI=1S/C12H10ClN3O/c13-9-3-1-8(2-4-9)12-15-6-5-10(16-12)7-11(14)17/h1-6H,7H2,(H2,14,17). The van der Waals surface area contributed by atoms with Crippen LogP contribution in [0.5, 0.6) is 0 Å². The molecule has 2 aromatic rings. The highest BCUT2D eigenvalue weighted by molar-refractivity contribution is 6.30. The molecule has 86 valence electrons. The minimum Gasteiger partial charge on any atom is -0.369 e. The summed E-state index contributed by atoms with van der Waals surface area (Å²) in [4.78, 5) is 19.2. The molecule has 0 saturated heterocycles. The number of nitrogens with two attached hydrogens (primary N) is 1. The zero-order valence-electron chi connectivity index (χ0n) is 8.93. The molecule has 17 heavy (non-hydrogen) atoms. The molecule has 4 nitrogen and oxygen atoms in total. The lowest BCUT2D eigenvalue weighted by Gasteiger charge is -2.02. The van der Waals surface area contributed by atoms with Crippen LogP contribution >= 0.6 is 11.6 Å². The fourth-order valence-corrected chi connectivity index (χ4v) is 1.54. The third-order valence-electron chi connectivity index (χ3n) is 2.17. The van der Waals surface area contributed by atoms with Gasteiger partial charge in [-0.3, -0.25) is 4.79 Å². The van der Waals surface area contributed by atoms with E-state index in [1.807, 2.05) is 12.1 Å². The summed E-state index contributed by atoms with van der Waals surface area (Å²) in [6.45, 7) is 0. The molecule has 1 heterocycles. The van der Waals surface area contributed by atoms with Crippen molar-refractivity contribution < 1.29 is 4.79 Å². The van der Waals surface area contributed by atoms with Gasteiger partial charge in [-0.25, -0.2) is 9.97 Å². The first-order chi connectivity index (χ1) is 8.15. The first-order valence-corrected chi connectivity index (χ1v) is 5.39. The van der Waals surface area contributed by atoms with Gasteiger partial charge in [0.25, 0.3) is 0 Å². The second kappa shape index (κ2) is 4.93. The predicted octanol–water partition coefficient (Wildman–Crippen LogP) is 1.82. The molecule has 0 atom stereocenters. The van der Waals surface area contributed by atoms with Crippen LogP contribution < -0.4 is 5.73 Å². The largest absolute Gasteiger partial charge is 0.369 e. The minimum absolute atomic E-state index is 0.114. The Morgan fingerprint density at radius 3 is 2.59 bits per heavy atom. The third-order valence-corrected chi connectivity index (χ3v) is 2.42. The van der Waals surface area contributed by atoms with Crippen LogP contribution in [-0.4, -0.2) is 15.9 Å². The van der Waals surface area contributed by atoms with E-state index < -0.39 is 5.91 Å². The number of nitrogens with zero attached hydrogens (tertiary/aromatic N) is 2. The van der Waals surface area contributed by atoms with E-state index >= 15 is 0 Å². The summed E-state index contributed by atoms with van der Waals surface area (Å²) in [5, 5.41) is 0.655. The van der Waals surface area contributed by atoms with Gasteiger partial charge in [0.05, 0.1) is 12.1 Å². The number of amides is 1. The molecule has 1 aromatic carbocycles. The van der Waals surface area contributed by atoms with E-state index in [9.17, 15) is 4.79 Å². The minimum atomic E-state index is -0.411. The van der Waals surface area contributed by atoms with Crippen molar-refractivity contribution in [2.45, 2.75) is 6.42 Å². The van der Waals surface area contributed by atoms with Crippen LogP contribution in [0.25, 0.3) is 11.4 Å². The van der Waals surface area contributed by atoms with Crippen molar-refractivity contribution >= 4 is 17.5 Å². The molecule has 0 aliphatic heterocycles. The summed E-state index contributed by atoms with van der Waals surface area (Å²) in [6.07, 6.45) is 1.72. The topological polar surface area (TPSA) is 68.9 Å². The summed E-state index contributed by atoms with van der Waals surface area (Å²) < 4.78 is 0. The molecule has 0 fully saturated rings. The van der Waals surface area contributed by atoms with Gasteiger partial charge in [-0.15, -0.1) is 0 Å². The molecular formula is C12H10ClN3O. The fourth-order valence-electron chi connectivity index (χ4n) is 1.41. The van der Waals surface area contributed by atoms with Gasteiger partial charge in [0, 0.05) is 16.8 Å². The molecule has 0 radical (unpaired) electrons. The number of aromatic nitrogens is 2. The lowest BCUT2D eigenvalue weighted by molar-refractivity contribution is -0.117. The van der Waals surface area contributed by atoms with Gasteiger partial charge in [0.2, 0.25) is 5.91 Å². The molecule has 5 heteroatoms. The Morgan fingerprint density at radius 2 is 1.94 bits per heavy atom. The molecular weight excluding hydrogens is 238 g/mol. The smallest absolute Gasteiger partial charge is 0.223 e. The SMILES string of the molecule is NC(=O)Cc1ccnc(-c2ccc(Cl)cc2)n1. The zero-order chi connectivity index (χ0) is 12.3. The van der Waals surface area contributed by atoms with Gasteiger partial charge in [-0.05, 0) is 30.3 Å².